The summed E-state index contributed by atoms with van der Waals surface area (Å²) in [5.74, 6) is 0.243. The van der Waals surface area contributed by atoms with Gasteiger partial charge >= 0.3 is 0 Å². The van der Waals surface area contributed by atoms with Crippen LogP contribution in [-0.2, 0) is 10.0 Å². The van der Waals surface area contributed by atoms with Crippen LogP contribution in [0.1, 0.15) is 12.5 Å². The normalized spacial score (nSPS) is 12.2. The van der Waals surface area contributed by atoms with Gasteiger partial charge in [-0.15, -0.1) is 4.40 Å². The fourth-order valence-electron chi connectivity index (χ4n) is 1.74. The van der Waals surface area contributed by atoms with Crippen molar-refractivity contribution < 1.29 is 13.2 Å². The first kappa shape index (κ1) is 17.0. The van der Waals surface area contributed by atoms with Crippen LogP contribution in [0, 0.1) is 0 Å². The van der Waals surface area contributed by atoms with E-state index < -0.39 is 10.0 Å². The molecule has 0 spiro atoms. The summed E-state index contributed by atoms with van der Waals surface area (Å²) in [6, 6.07) is 13.4. The zero-order valence-electron chi connectivity index (χ0n) is 11.7. The van der Waals surface area contributed by atoms with Crippen LogP contribution in [0.4, 0.5) is 0 Å². The van der Waals surface area contributed by atoms with Crippen LogP contribution in [0.2, 0.25) is 0 Å². The van der Waals surface area contributed by atoms with Gasteiger partial charge in [0.25, 0.3) is 10.0 Å². The number of nitrogens with zero attached hydrogens (tertiary/aromatic N) is 1. The van der Waals surface area contributed by atoms with E-state index in [0.29, 0.717) is 16.6 Å². The summed E-state index contributed by atoms with van der Waals surface area (Å²) in [5.41, 5.74) is 0.528. The van der Waals surface area contributed by atoms with Crippen molar-refractivity contribution >= 4 is 42.7 Å². The summed E-state index contributed by atoms with van der Waals surface area (Å²) in [4.78, 5) is -0.0298. The fourth-order valence-corrected chi connectivity index (χ4v) is 3.72. The van der Waals surface area contributed by atoms with Gasteiger partial charge in [-0.25, -0.2) is 0 Å². The van der Waals surface area contributed by atoms with E-state index in [0.717, 1.165) is 0 Å². The molecule has 0 saturated carbocycles. The SMILES string of the molecule is CCOc1ccc(Br)cc1S(=O)(=O)/N=C(/Cl)c1ccccc1. The molecule has 7 heteroatoms. The second-order valence-corrected chi connectivity index (χ2v) is 7.09. The summed E-state index contributed by atoms with van der Waals surface area (Å²) in [7, 11) is -3.98. The Bertz CT molecular complexity index is 792. The lowest BCUT2D eigenvalue weighted by Crippen LogP contribution is -2.05. The first-order chi connectivity index (χ1) is 10.4. The summed E-state index contributed by atoms with van der Waals surface area (Å²) in [6.07, 6.45) is 0. The maximum Gasteiger partial charge on any atom is 0.287 e. The van der Waals surface area contributed by atoms with Crippen molar-refractivity contribution in [1.29, 1.82) is 0 Å². The van der Waals surface area contributed by atoms with Gasteiger partial charge in [-0.3, -0.25) is 0 Å². The molecule has 0 aliphatic carbocycles. The Balaban J connectivity index is 2.49. The molecule has 0 unspecified atom stereocenters. The molecule has 0 aromatic heterocycles. The van der Waals surface area contributed by atoms with Gasteiger partial charge in [0.1, 0.15) is 15.8 Å². The molecule has 0 radical (unpaired) electrons. The number of hydrogen-bond donors (Lipinski definition) is 0. The smallest absolute Gasteiger partial charge is 0.287 e. The molecule has 116 valence electrons. The summed E-state index contributed by atoms with van der Waals surface area (Å²) < 4.78 is 34.6. The van der Waals surface area contributed by atoms with Gasteiger partial charge in [-0.05, 0) is 25.1 Å². The molecule has 0 bridgehead atoms. The van der Waals surface area contributed by atoms with Crippen LogP contribution in [0.3, 0.4) is 0 Å². The minimum atomic E-state index is -3.98. The first-order valence-corrected chi connectivity index (χ1v) is 9.03. The van der Waals surface area contributed by atoms with Crippen LogP contribution in [0.25, 0.3) is 0 Å². The van der Waals surface area contributed by atoms with Crippen LogP contribution >= 0.6 is 27.5 Å². The number of ether oxygens (including phenoxy) is 1. The molecular weight excluding hydrogens is 390 g/mol. The molecular formula is C15H13BrClNO3S. The molecule has 4 nitrogen and oxygen atoms in total. The van der Waals surface area contributed by atoms with Crippen molar-refractivity contribution in [2.24, 2.45) is 4.40 Å². The molecule has 2 aromatic rings. The van der Waals surface area contributed by atoms with E-state index >= 15 is 0 Å². The molecule has 22 heavy (non-hydrogen) atoms. The minimum absolute atomic E-state index is 0.0298. The van der Waals surface area contributed by atoms with Crippen molar-refractivity contribution in [3.05, 3.63) is 58.6 Å². The van der Waals surface area contributed by atoms with Crippen molar-refractivity contribution in [2.45, 2.75) is 11.8 Å². The van der Waals surface area contributed by atoms with Gasteiger partial charge < -0.3 is 4.74 Å². The largest absolute Gasteiger partial charge is 0.492 e. The van der Waals surface area contributed by atoms with E-state index in [1.54, 1.807) is 43.3 Å². The third-order valence-corrected chi connectivity index (χ3v) is 4.89. The zero-order chi connectivity index (χ0) is 16.2. The second kappa shape index (κ2) is 7.26. The number of rotatable bonds is 5. The third-order valence-electron chi connectivity index (χ3n) is 2.70. The van der Waals surface area contributed by atoms with E-state index in [9.17, 15) is 8.42 Å². The Kier molecular flexibility index (Phi) is 5.61. The van der Waals surface area contributed by atoms with E-state index in [-0.39, 0.29) is 15.8 Å². The molecule has 0 fully saturated rings. The molecule has 2 rings (SSSR count). The summed E-state index contributed by atoms with van der Waals surface area (Å²) in [5, 5.41) is -0.0944. The highest BCUT2D eigenvalue weighted by Crippen LogP contribution is 2.29. The highest BCUT2D eigenvalue weighted by Gasteiger charge is 2.20. The molecule has 0 aliphatic rings. The lowest BCUT2D eigenvalue weighted by atomic mass is 10.2. The number of benzene rings is 2. The molecule has 0 aliphatic heterocycles. The fraction of sp³-hybridized carbons (Fsp3) is 0.133. The predicted octanol–water partition coefficient (Wildman–Crippen LogP) is 4.22. The highest BCUT2D eigenvalue weighted by atomic mass is 79.9. The molecule has 0 atom stereocenters. The maximum absolute atomic E-state index is 12.5. The average molecular weight is 403 g/mol. The number of sulfonamides is 1. The van der Waals surface area contributed by atoms with Gasteiger partial charge in [0.15, 0.2) is 0 Å². The van der Waals surface area contributed by atoms with E-state index in [4.69, 9.17) is 16.3 Å². The highest BCUT2D eigenvalue weighted by molar-refractivity contribution is 9.10. The quantitative estimate of drug-likeness (QED) is 0.704. The van der Waals surface area contributed by atoms with Crippen molar-refractivity contribution in [3.63, 3.8) is 0 Å². The maximum atomic E-state index is 12.5. The van der Waals surface area contributed by atoms with E-state index in [2.05, 4.69) is 20.3 Å². The van der Waals surface area contributed by atoms with Gasteiger partial charge in [0.05, 0.1) is 6.61 Å². The van der Waals surface area contributed by atoms with E-state index in [1.807, 2.05) is 6.07 Å². The Morgan fingerprint density at radius 3 is 2.55 bits per heavy atom. The minimum Gasteiger partial charge on any atom is -0.492 e. The molecule has 0 amide bonds. The predicted molar refractivity (Wildman–Crippen MR) is 91.3 cm³/mol. The number of hydrogen-bond acceptors (Lipinski definition) is 3. The van der Waals surface area contributed by atoms with Gasteiger partial charge in [-0.2, -0.15) is 8.42 Å². The summed E-state index contributed by atoms with van der Waals surface area (Å²) in [6.45, 7) is 2.12. The van der Waals surface area contributed by atoms with Gasteiger partial charge in [0, 0.05) is 10.0 Å². The lowest BCUT2D eigenvalue weighted by molar-refractivity contribution is 0.331. The standard InChI is InChI=1S/C15H13BrClNO3S/c1-2-21-13-9-8-12(16)10-14(13)22(19,20)18-15(17)11-6-4-3-5-7-11/h3-10H,2H2,1H3/b18-15+. The van der Waals surface area contributed by atoms with Crippen LogP contribution < -0.4 is 4.74 Å². The van der Waals surface area contributed by atoms with Crippen molar-refractivity contribution in [1.82, 2.24) is 0 Å². The zero-order valence-corrected chi connectivity index (χ0v) is 14.8. The molecule has 0 N–H and O–H groups in total. The van der Waals surface area contributed by atoms with E-state index in [1.165, 1.54) is 6.07 Å². The average Bonchev–Trinajstić information content (AvgIpc) is 2.49. The molecule has 0 saturated heterocycles. The van der Waals surface area contributed by atoms with Crippen LogP contribution in [-0.4, -0.2) is 20.2 Å². The van der Waals surface area contributed by atoms with Crippen LogP contribution in [0.5, 0.6) is 5.75 Å². The Morgan fingerprint density at radius 2 is 1.91 bits per heavy atom. The lowest BCUT2D eigenvalue weighted by Gasteiger charge is -2.09. The molecule has 0 heterocycles. The number of halogens is 2. The Morgan fingerprint density at radius 1 is 1.23 bits per heavy atom. The summed E-state index contributed by atoms with van der Waals surface area (Å²) >= 11 is 9.28. The van der Waals surface area contributed by atoms with Crippen molar-refractivity contribution in [3.8, 4) is 5.75 Å². The monoisotopic (exact) mass is 401 g/mol. The second-order valence-electron chi connectivity index (χ2n) is 4.25. The first-order valence-electron chi connectivity index (χ1n) is 6.42. The van der Waals surface area contributed by atoms with Crippen LogP contribution in [0.15, 0.2) is 62.3 Å². The third kappa shape index (κ3) is 4.09. The molecule has 2 aromatic carbocycles. The Labute approximate surface area is 143 Å². The van der Waals surface area contributed by atoms with Gasteiger partial charge in [-0.1, -0.05) is 57.9 Å². The van der Waals surface area contributed by atoms with Crippen molar-refractivity contribution in [2.75, 3.05) is 6.61 Å². The van der Waals surface area contributed by atoms with Gasteiger partial charge in [0.2, 0.25) is 0 Å². The topological polar surface area (TPSA) is 55.7 Å². The Hall–Kier alpha value is -1.37.